The fourth-order valence-corrected chi connectivity index (χ4v) is 10.2. The van der Waals surface area contributed by atoms with Gasteiger partial charge < -0.3 is 0 Å². The molecule has 0 nitrogen and oxygen atoms in total. The molecule has 0 N–H and O–H groups in total. The van der Waals surface area contributed by atoms with Gasteiger partial charge in [-0.2, -0.15) is 0 Å². The molecular formula is C14H28Sn2. The van der Waals surface area contributed by atoms with E-state index in [1.54, 1.807) is 11.1 Å². The minimum absolute atomic E-state index is 1.36. The van der Waals surface area contributed by atoms with Crippen LogP contribution in [0.5, 0.6) is 0 Å². The fourth-order valence-electron chi connectivity index (χ4n) is 2.33. The molecule has 1 fully saturated rings. The van der Waals surface area contributed by atoms with Crippen LogP contribution in [0.4, 0.5) is 0 Å². The molecule has 0 heterocycles. The van der Waals surface area contributed by atoms with Crippen molar-refractivity contribution in [2.45, 2.75) is 55.3 Å². The number of rotatable bonds is 2. The second-order valence-electron chi connectivity index (χ2n) is 7.28. The summed E-state index contributed by atoms with van der Waals surface area (Å²) in [4.78, 5) is 15.1. The van der Waals surface area contributed by atoms with Gasteiger partial charge >= 0.3 is 111 Å². The van der Waals surface area contributed by atoms with Crippen molar-refractivity contribution in [1.82, 2.24) is 0 Å². The molecule has 0 unspecified atom stereocenters. The Hall–Kier alpha value is 1.08. The van der Waals surface area contributed by atoms with E-state index in [9.17, 15) is 0 Å². The van der Waals surface area contributed by atoms with Gasteiger partial charge in [0.25, 0.3) is 0 Å². The molecule has 0 atom stereocenters. The monoisotopic (exact) mass is 436 g/mol. The molecule has 0 aromatic carbocycles. The van der Waals surface area contributed by atoms with Gasteiger partial charge in [0.05, 0.1) is 0 Å². The number of hydrogen-bond acceptors (Lipinski definition) is 0. The van der Waals surface area contributed by atoms with Crippen LogP contribution in [0.3, 0.4) is 0 Å². The number of allylic oxidation sites excluding steroid dienone is 2. The van der Waals surface area contributed by atoms with E-state index in [1.807, 2.05) is 0 Å². The molecule has 1 rings (SSSR count). The van der Waals surface area contributed by atoms with Crippen molar-refractivity contribution in [3.8, 4) is 0 Å². The van der Waals surface area contributed by atoms with E-state index < -0.39 is 36.8 Å². The van der Waals surface area contributed by atoms with Crippen molar-refractivity contribution in [1.29, 1.82) is 0 Å². The van der Waals surface area contributed by atoms with Crippen LogP contribution in [0, 0.1) is 0 Å². The predicted octanol–water partition coefficient (Wildman–Crippen LogP) is 5.17. The zero-order chi connectivity index (χ0) is 12.4. The van der Waals surface area contributed by atoms with Gasteiger partial charge in [-0.1, -0.05) is 0 Å². The maximum atomic E-state index is 2.72. The van der Waals surface area contributed by atoms with E-state index in [0.717, 1.165) is 0 Å². The zero-order valence-electron chi connectivity index (χ0n) is 12.0. The SMILES string of the molecule is [CH3][Sn]([CH3])([CH3])[CH]=C1CCCCC1=[CH][Sn]([CH3])([CH3])[CH3]. The summed E-state index contributed by atoms with van der Waals surface area (Å²) in [6, 6.07) is 0. The van der Waals surface area contributed by atoms with Gasteiger partial charge in [0.15, 0.2) is 0 Å². The third-order valence-electron chi connectivity index (χ3n) is 2.77. The van der Waals surface area contributed by atoms with Crippen LogP contribution in [-0.4, -0.2) is 36.8 Å². The van der Waals surface area contributed by atoms with Crippen LogP contribution in [0.1, 0.15) is 25.7 Å². The summed E-state index contributed by atoms with van der Waals surface area (Å²) in [7, 11) is 0. The molecule has 0 radical (unpaired) electrons. The predicted molar refractivity (Wildman–Crippen MR) is 81.3 cm³/mol. The molecule has 92 valence electrons. The van der Waals surface area contributed by atoms with Crippen molar-refractivity contribution in [2.75, 3.05) is 0 Å². The minimum atomic E-state index is -1.74. The first-order valence-electron chi connectivity index (χ1n) is 6.61. The van der Waals surface area contributed by atoms with Crippen LogP contribution < -0.4 is 0 Å². The molecule has 0 aromatic heterocycles. The van der Waals surface area contributed by atoms with E-state index >= 15 is 0 Å². The van der Waals surface area contributed by atoms with Crippen LogP contribution in [0.15, 0.2) is 19.3 Å². The van der Waals surface area contributed by atoms with Crippen molar-refractivity contribution >= 4 is 36.8 Å². The first-order valence-corrected chi connectivity index (χ1v) is 27.0. The quantitative estimate of drug-likeness (QED) is 0.527. The Balaban J connectivity index is 2.97. The Kier molecular flexibility index (Phi) is 5.50. The molecule has 0 aromatic rings. The number of hydrogen-bond donors (Lipinski definition) is 0. The summed E-state index contributed by atoms with van der Waals surface area (Å²) in [5.74, 6) is 0. The third-order valence-corrected chi connectivity index (χ3v) is 9.70. The van der Waals surface area contributed by atoms with Crippen molar-refractivity contribution in [2.24, 2.45) is 0 Å². The third kappa shape index (κ3) is 6.13. The second-order valence-corrected chi connectivity index (χ2v) is 35.9. The summed E-state index contributed by atoms with van der Waals surface area (Å²) in [6.07, 6.45) is 5.57. The first kappa shape index (κ1) is 15.1. The van der Waals surface area contributed by atoms with Gasteiger partial charge in [0.2, 0.25) is 0 Å². The molecule has 1 saturated carbocycles. The van der Waals surface area contributed by atoms with Gasteiger partial charge in [-0.15, -0.1) is 0 Å². The standard InChI is InChI=1S/C8H10.6CH3.2Sn/c1-7-5-3-4-6-8(7)2;;;;;;;;/h1-2H,3-6H2;6*1H3;;. The van der Waals surface area contributed by atoms with Crippen LogP contribution >= 0.6 is 0 Å². The van der Waals surface area contributed by atoms with Crippen LogP contribution in [0.25, 0.3) is 0 Å². The summed E-state index contributed by atoms with van der Waals surface area (Å²) < 4.78 is 5.44. The van der Waals surface area contributed by atoms with Gasteiger partial charge in [-0.05, 0) is 0 Å². The van der Waals surface area contributed by atoms with Crippen LogP contribution in [0.2, 0.25) is 29.6 Å². The molecule has 0 bridgehead atoms. The van der Waals surface area contributed by atoms with Crippen molar-refractivity contribution in [3.63, 3.8) is 0 Å². The van der Waals surface area contributed by atoms with E-state index in [1.165, 1.54) is 25.7 Å². The topological polar surface area (TPSA) is 0 Å². The van der Waals surface area contributed by atoms with Gasteiger partial charge in [0, 0.05) is 0 Å². The molecule has 0 saturated heterocycles. The van der Waals surface area contributed by atoms with E-state index in [2.05, 4.69) is 37.8 Å². The average Bonchev–Trinajstić information content (AvgIpc) is 2.03. The Morgan fingerprint density at radius 3 is 1.25 bits per heavy atom. The van der Waals surface area contributed by atoms with E-state index in [4.69, 9.17) is 0 Å². The molecule has 0 aliphatic heterocycles. The average molecular weight is 434 g/mol. The molecule has 0 amide bonds. The Bertz CT molecular complexity index is 266. The van der Waals surface area contributed by atoms with E-state index in [-0.39, 0.29) is 0 Å². The summed E-state index contributed by atoms with van der Waals surface area (Å²) >= 11 is -3.49. The molecule has 1 aliphatic rings. The van der Waals surface area contributed by atoms with E-state index in [0.29, 0.717) is 0 Å². The zero-order valence-corrected chi connectivity index (χ0v) is 17.7. The summed E-state index contributed by atoms with van der Waals surface area (Å²) in [5, 5.41) is 0. The molecule has 2 heteroatoms. The van der Waals surface area contributed by atoms with Crippen molar-refractivity contribution in [3.05, 3.63) is 19.3 Å². The van der Waals surface area contributed by atoms with Crippen molar-refractivity contribution < 1.29 is 0 Å². The first-order chi connectivity index (χ1) is 7.17. The molecule has 1 aliphatic carbocycles. The Morgan fingerprint density at radius 2 is 1.00 bits per heavy atom. The van der Waals surface area contributed by atoms with Gasteiger partial charge in [-0.25, -0.2) is 0 Å². The molecular weight excluding hydrogens is 406 g/mol. The molecule has 16 heavy (non-hydrogen) atoms. The fraction of sp³-hybridized carbons (Fsp3) is 0.714. The normalized spacial score (nSPS) is 24.1. The van der Waals surface area contributed by atoms with Crippen LogP contribution in [-0.2, 0) is 0 Å². The molecule has 0 spiro atoms. The summed E-state index contributed by atoms with van der Waals surface area (Å²) in [6.45, 7) is 0. The second kappa shape index (κ2) is 5.81. The maximum absolute atomic E-state index is 2.72. The van der Waals surface area contributed by atoms with Gasteiger partial charge in [0.1, 0.15) is 0 Å². The Labute approximate surface area is 110 Å². The Morgan fingerprint density at radius 1 is 0.688 bits per heavy atom. The van der Waals surface area contributed by atoms with Gasteiger partial charge in [-0.3, -0.25) is 0 Å². The summed E-state index contributed by atoms with van der Waals surface area (Å²) in [5.41, 5.74) is 3.50.